The minimum atomic E-state index is -0.732. The zero-order valence-electron chi connectivity index (χ0n) is 22.0. The molecular formula is C33H37F3O. The van der Waals surface area contributed by atoms with Crippen molar-refractivity contribution in [2.24, 2.45) is 5.92 Å². The summed E-state index contributed by atoms with van der Waals surface area (Å²) in [5, 5.41) is 0. The van der Waals surface area contributed by atoms with Crippen LogP contribution in [0.3, 0.4) is 0 Å². The number of unbranched alkanes of at least 4 members (excludes halogenated alkanes) is 2. The van der Waals surface area contributed by atoms with Gasteiger partial charge in [-0.2, -0.15) is 0 Å². The van der Waals surface area contributed by atoms with Gasteiger partial charge >= 0.3 is 0 Å². The Morgan fingerprint density at radius 3 is 2.30 bits per heavy atom. The molecule has 1 aliphatic rings. The van der Waals surface area contributed by atoms with Gasteiger partial charge in [-0.1, -0.05) is 81.1 Å². The second kappa shape index (κ2) is 13.0. The number of halogens is 3. The Kier molecular flexibility index (Phi) is 9.49. The first-order valence-electron chi connectivity index (χ1n) is 13.7. The summed E-state index contributed by atoms with van der Waals surface area (Å²) in [7, 11) is 0. The topological polar surface area (TPSA) is 9.23 Å². The maximum atomic E-state index is 15.0. The van der Waals surface area contributed by atoms with Gasteiger partial charge in [0.15, 0.2) is 23.2 Å². The van der Waals surface area contributed by atoms with E-state index in [0.717, 1.165) is 41.5 Å². The predicted octanol–water partition coefficient (Wildman–Crippen LogP) is 9.72. The molecule has 0 fully saturated rings. The molecule has 1 aliphatic carbocycles. The largest absolute Gasteiger partial charge is 0.491 e. The average molecular weight is 507 g/mol. The zero-order chi connectivity index (χ0) is 26.2. The lowest BCUT2D eigenvalue weighted by Gasteiger charge is -2.22. The van der Waals surface area contributed by atoms with Crippen LogP contribution in [0.2, 0.25) is 0 Å². The number of aryl methyl sites for hydroxylation is 2. The van der Waals surface area contributed by atoms with Crippen LogP contribution < -0.4 is 4.74 Å². The van der Waals surface area contributed by atoms with E-state index in [1.807, 2.05) is 37.3 Å². The molecule has 0 aliphatic heterocycles. The van der Waals surface area contributed by atoms with Crippen LogP contribution in [-0.2, 0) is 12.8 Å². The molecule has 0 aromatic heterocycles. The fourth-order valence-corrected chi connectivity index (χ4v) is 5.20. The van der Waals surface area contributed by atoms with E-state index in [0.29, 0.717) is 36.5 Å². The molecule has 4 heteroatoms. The highest BCUT2D eigenvalue weighted by atomic mass is 19.2. The maximum Gasteiger partial charge on any atom is 0.166 e. The number of allylic oxidation sites excluding steroid dienone is 2. The van der Waals surface area contributed by atoms with Crippen molar-refractivity contribution in [1.82, 2.24) is 0 Å². The zero-order valence-corrected chi connectivity index (χ0v) is 22.0. The summed E-state index contributed by atoms with van der Waals surface area (Å²) >= 11 is 0. The molecule has 0 saturated carbocycles. The number of ether oxygens (including phenoxy) is 1. The van der Waals surface area contributed by atoms with Gasteiger partial charge in [-0.15, -0.1) is 0 Å². The molecule has 0 amide bonds. The van der Waals surface area contributed by atoms with E-state index < -0.39 is 11.6 Å². The van der Waals surface area contributed by atoms with Gasteiger partial charge < -0.3 is 4.74 Å². The summed E-state index contributed by atoms with van der Waals surface area (Å²) in [5.41, 5.74) is 4.42. The minimum Gasteiger partial charge on any atom is -0.491 e. The van der Waals surface area contributed by atoms with Gasteiger partial charge in [0.05, 0.1) is 6.61 Å². The minimum absolute atomic E-state index is 0.245. The lowest BCUT2D eigenvalue weighted by Crippen LogP contribution is -2.08. The number of hydrogen-bond donors (Lipinski definition) is 0. The molecule has 196 valence electrons. The highest BCUT2D eigenvalue weighted by molar-refractivity contribution is 5.67. The molecule has 0 N–H and O–H groups in total. The summed E-state index contributed by atoms with van der Waals surface area (Å²) < 4.78 is 49.5. The van der Waals surface area contributed by atoms with Gasteiger partial charge in [0.1, 0.15) is 0 Å². The Bertz CT molecular complexity index is 1210. The molecule has 1 unspecified atom stereocenters. The van der Waals surface area contributed by atoms with Crippen LogP contribution in [0.15, 0.2) is 60.7 Å². The van der Waals surface area contributed by atoms with Crippen molar-refractivity contribution < 1.29 is 17.9 Å². The highest BCUT2D eigenvalue weighted by Crippen LogP contribution is 2.35. The average Bonchev–Trinajstić information content (AvgIpc) is 2.92. The van der Waals surface area contributed by atoms with E-state index >= 15 is 4.39 Å². The van der Waals surface area contributed by atoms with E-state index in [-0.39, 0.29) is 11.6 Å². The number of benzene rings is 3. The second-order valence-electron chi connectivity index (χ2n) is 10.0. The summed E-state index contributed by atoms with van der Waals surface area (Å²) in [6.45, 7) is 4.44. The van der Waals surface area contributed by atoms with Crippen molar-refractivity contribution in [2.45, 2.75) is 71.6 Å². The smallest absolute Gasteiger partial charge is 0.166 e. The van der Waals surface area contributed by atoms with Crippen LogP contribution in [0.1, 0.15) is 75.5 Å². The molecule has 4 rings (SSSR count). The molecule has 1 atom stereocenters. The van der Waals surface area contributed by atoms with E-state index in [4.69, 9.17) is 4.74 Å². The van der Waals surface area contributed by atoms with Crippen molar-refractivity contribution in [3.63, 3.8) is 0 Å². The van der Waals surface area contributed by atoms with Crippen molar-refractivity contribution in [1.29, 1.82) is 0 Å². The Labute approximate surface area is 219 Å². The van der Waals surface area contributed by atoms with Crippen LogP contribution >= 0.6 is 0 Å². The number of rotatable bonds is 11. The van der Waals surface area contributed by atoms with Crippen LogP contribution in [0.4, 0.5) is 13.2 Å². The van der Waals surface area contributed by atoms with E-state index in [2.05, 4.69) is 13.0 Å². The monoisotopic (exact) mass is 506 g/mol. The Morgan fingerprint density at radius 2 is 1.62 bits per heavy atom. The van der Waals surface area contributed by atoms with Crippen molar-refractivity contribution >= 4 is 5.57 Å². The first-order chi connectivity index (χ1) is 18.0. The van der Waals surface area contributed by atoms with Crippen molar-refractivity contribution in [2.75, 3.05) is 6.61 Å². The SMILES string of the molecule is CCCCCC1CC=C(c2ccc(CCc3ccc(-c4ccc(OCC)c(F)c4)cc3)c(F)c2F)CC1. The van der Waals surface area contributed by atoms with Gasteiger partial charge in [-0.3, -0.25) is 0 Å². The third kappa shape index (κ3) is 6.85. The normalized spacial score (nSPS) is 15.5. The molecule has 37 heavy (non-hydrogen) atoms. The lowest BCUT2D eigenvalue weighted by atomic mass is 9.83. The second-order valence-corrected chi connectivity index (χ2v) is 10.0. The van der Waals surface area contributed by atoms with E-state index in [1.165, 1.54) is 31.7 Å². The third-order valence-electron chi connectivity index (χ3n) is 7.45. The van der Waals surface area contributed by atoms with Crippen LogP contribution in [-0.4, -0.2) is 6.61 Å². The molecule has 0 heterocycles. The Hall–Kier alpha value is -3.01. The summed E-state index contributed by atoms with van der Waals surface area (Å²) in [6, 6.07) is 16.2. The highest BCUT2D eigenvalue weighted by Gasteiger charge is 2.20. The van der Waals surface area contributed by atoms with Crippen LogP contribution in [0, 0.1) is 23.4 Å². The molecular weight excluding hydrogens is 469 g/mol. The molecule has 3 aromatic carbocycles. The van der Waals surface area contributed by atoms with Gasteiger partial charge in [-0.25, -0.2) is 13.2 Å². The van der Waals surface area contributed by atoms with Crippen molar-refractivity contribution in [3.8, 4) is 16.9 Å². The fraction of sp³-hybridized carbons (Fsp3) is 0.394. The summed E-state index contributed by atoms with van der Waals surface area (Å²) in [5.74, 6) is -0.928. The first kappa shape index (κ1) is 27.0. The lowest BCUT2D eigenvalue weighted by molar-refractivity contribution is 0.321. The van der Waals surface area contributed by atoms with Gasteiger partial charge in [-0.05, 0) is 84.9 Å². The molecule has 0 radical (unpaired) electrons. The first-order valence-corrected chi connectivity index (χ1v) is 13.7. The van der Waals surface area contributed by atoms with E-state index in [9.17, 15) is 8.78 Å². The fourth-order valence-electron chi connectivity index (χ4n) is 5.20. The van der Waals surface area contributed by atoms with Gasteiger partial charge in [0.2, 0.25) is 0 Å². The number of hydrogen-bond acceptors (Lipinski definition) is 1. The molecule has 1 nitrogen and oxygen atoms in total. The summed E-state index contributed by atoms with van der Waals surface area (Å²) in [4.78, 5) is 0. The third-order valence-corrected chi connectivity index (χ3v) is 7.45. The Morgan fingerprint density at radius 1 is 0.838 bits per heavy atom. The van der Waals surface area contributed by atoms with E-state index in [1.54, 1.807) is 18.2 Å². The molecule has 0 saturated heterocycles. The van der Waals surface area contributed by atoms with Gasteiger partial charge in [0, 0.05) is 5.56 Å². The van der Waals surface area contributed by atoms with Crippen LogP contribution in [0.25, 0.3) is 16.7 Å². The quantitative estimate of drug-likeness (QED) is 0.235. The predicted molar refractivity (Wildman–Crippen MR) is 146 cm³/mol. The Balaban J connectivity index is 1.37. The van der Waals surface area contributed by atoms with Gasteiger partial charge in [0.25, 0.3) is 0 Å². The standard InChI is InChI=1S/C33H37F3O/c1-3-5-6-7-23-10-15-26(16-11-23)29-20-18-27(32(35)33(29)36)17-12-24-8-13-25(14-9-24)28-19-21-31(37-4-2)30(34)22-28/h8-9,13-15,18-23H,3-7,10-12,16-17H2,1-2H3. The maximum absolute atomic E-state index is 15.0. The summed E-state index contributed by atoms with van der Waals surface area (Å²) in [6.07, 6.45) is 10.9. The molecule has 3 aromatic rings. The molecule has 0 spiro atoms. The molecule has 0 bridgehead atoms. The van der Waals surface area contributed by atoms with Crippen LogP contribution in [0.5, 0.6) is 5.75 Å². The van der Waals surface area contributed by atoms with Crippen molar-refractivity contribution in [3.05, 3.63) is 94.8 Å².